The Bertz CT molecular complexity index is 1040. The molecule has 2 aliphatic heterocycles. The fourth-order valence-corrected chi connectivity index (χ4v) is 5.01. The summed E-state index contributed by atoms with van der Waals surface area (Å²) < 4.78 is 19.4. The summed E-state index contributed by atoms with van der Waals surface area (Å²) in [6, 6.07) is -1.01. The molecule has 2 aliphatic rings. The molecule has 1 saturated heterocycles. The smallest absolute Gasteiger partial charge is 0.355 e. The molecule has 0 spiro atoms. The highest BCUT2D eigenvalue weighted by molar-refractivity contribution is 8.00. The minimum Gasteiger partial charge on any atom is -0.449 e. The first-order valence-corrected chi connectivity index (χ1v) is 11.5. The number of amides is 2. The quantitative estimate of drug-likeness (QED) is 0.0851. The summed E-state index contributed by atoms with van der Waals surface area (Å²) in [4.78, 5) is 54.9. The molecule has 1 aromatic heterocycles. The van der Waals surface area contributed by atoms with Crippen molar-refractivity contribution in [2.45, 2.75) is 11.4 Å². The molecular formula is C18H21N5O9S2. The van der Waals surface area contributed by atoms with Crippen LogP contribution < -0.4 is 11.1 Å². The molecule has 1 aromatic rings. The Labute approximate surface area is 201 Å². The minimum absolute atomic E-state index is 0.0473. The fourth-order valence-electron chi connectivity index (χ4n) is 3.14. The number of anilines is 1. The van der Waals surface area contributed by atoms with Crippen LogP contribution in [0, 0.1) is 0 Å². The largest absolute Gasteiger partial charge is 0.449 e. The van der Waals surface area contributed by atoms with Crippen molar-refractivity contribution in [1.29, 1.82) is 0 Å². The van der Waals surface area contributed by atoms with Crippen molar-refractivity contribution in [3.8, 4) is 0 Å². The molecule has 0 saturated carbocycles. The number of nitrogens with one attached hydrogen (secondary N) is 1. The van der Waals surface area contributed by atoms with Gasteiger partial charge in [-0.1, -0.05) is 5.16 Å². The van der Waals surface area contributed by atoms with Gasteiger partial charge in [0.1, 0.15) is 22.8 Å². The highest BCUT2D eigenvalue weighted by Crippen LogP contribution is 2.40. The number of hydrogen-bond acceptors (Lipinski definition) is 14. The van der Waals surface area contributed by atoms with E-state index in [0.717, 1.165) is 11.3 Å². The molecule has 2 atom stereocenters. The van der Waals surface area contributed by atoms with Gasteiger partial charge in [0.15, 0.2) is 24.2 Å². The predicted molar refractivity (Wildman–Crippen MR) is 118 cm³/mol. The standard InChI is InChI=1S/C18H21N5O9S2/c1-29-3-8-5-33-16-12(21-14(25)11(22-28)9-6-34-18(19)20-9)15(26)23(16)13(8)17(27)31-4-10(24)32-7-30-2/h6,12,16,28H,3-5,7H2,1-2H3,(H2,19,20)(H,21,25)/b22-11-/t12?,16-/m0/s1. The summed E-state index contributed by atoms with van der Waals surface area (Å²) in [6.45, 7) is -0.934. The zero-order chi connectivity index (χ0) is 24.8. The van der Waals surface area contributed by atoms with Crippen LogP contribution >= 0.6 is 23.1 Å². The number of β-lactam (4-membered cyclic amide) rings is 1. The number of rotatable bonds is 10. The van der Waals surface area contributed by atoms with E-state index in [9.17, 15) is 24.4 Å². The van der Waals surface area contributed by atoms with Gasteiger partial charge in [-0.05, 0) is 5.57 Å². The van der Waals surface area contributed by atoms with E-state index in [1.807, 2.05) is 0 Å². The Kier molecular flexibility index (Phi) is 8.43. The predicted octanol–water partition coefficient (Wildman–Crippen LogP) is -1.11. The number of ether oxygens (including phenoxy) is 4. The van der Waals surface area contributed by atoms with Crippen molar-refractivity contribution in [3.05, 3.63) is 22.3 Å². The minimum atomic E-state index is -1.01. The number of hydrogen-bond donors (Lipinski definition) is 3. The molecule has 184 valence electrons. The molecule has 0 aliphatic carbocycles. The number of thioether (sulfide) groups is 1. The van der Waals surface area contributed by atoms with E-state index in [1.54, 1.807) is 0 Å². The lowest BCUT2D eigenvalue weighted by Gasteiger charge is -2.49. The SMILES string of the molecule is COCOC(=O)COC(=O)C1=C(COC)CS[C@H]2C(NC(=O)/C(=N\O)c3csc(N)n3)C(=O)N12. The Hall–Kier alpha value is -3.21. The number of nitrogens with two attached hydrogens (primary N) is 1. The number of nitrogen functional groups attached to an aromatic ring is 1. The Morgan fingerprint density at radius 3 is 2.71 bits per heavy atom. The molecular weight excluding hydrogens is 494 g/mol. The summed E-state index contributed by atoms with van der Waals surface area (Å²) in [5, 5.41) is 15.7. The van der Waals surface area contributed by atoms with Crippen LogP contribution in [-0.4, -0.2) is 96.0 Å². The molecule has 1 unspecified atom stereocenters. The number of fused-ring (bicyclic) bond motifs is 1. The first-order valence-electron chi connectivity index (χ1n) is 9.54. The van der Waals surface area contributed by atoms with Crippen LogP contribution in [0.5, 0.6) is 0 Å². The number of oxime groups is 1. The van der Waals surface area contributed by atoms with Crippen LogP contribution in [0.25, 0.3) is 0 Å². The van der Waals surface area contributed by atoms with Gasteiger partial charge in [-0.2, -0.15) is 0 Å². The lowest BCUT2D eigenvalue weighted by molar-refractivity contribution is -0.165. The van der Waals surface area contributed by atoms with Gasteiger partial charge >= 0.3 is 11.9 Å². The lowest BCUT2D eigenvalue weighted by Crippen LogP contribution is -2.71. The van der Waals surface area contributed by atoms with E-state index in [-0.39, 0.29) is 29.9 Å². The van der Waals surface area contributed by atoms with Crippen molar-refractivity contribution in [2.75, 3.05) is 45.7 Å². The number of carbonyl (C=O) groups is 4. The van der Waals surface area contributed by atoms with Crippen molar-refractivity contribution in [2.24, 2.45) is 5.16 Å². The normalized spacial score (nSPS) is 19.9. The molecule has 16 heteroatoms. The first kappa shape index (κ1) is 25.4. The second kappa shape index (κ2) is 11.3. The van der Waals surface area contributed by atoms with E-state index in [2.05, 4.69) is 24.9 Å². The number of methoxy groups -OCH3 is 2. The number of nitrogens with zero attached hydrogens (tertiary/aromatic N) is 3. The van der Waals surface area contributed by atoms with Crippen LogP contribution in [0.3, 0.4) is 0 Å². The number of aromatic nitrogens is 1. The van der Waals surface area contributed by atoms with Crippen molar-refractivity contribution < 1.29 is 43.3 Å². The number of esters is 2. The molecule has 0 radical (unpaired) electrons. The van der Waals surface area contributed by atoms with Crippen molar-refractivity contribution in [1.82, 2.24) is 15.2 Å². The number of carbonyl (C=O) groups excluding carboxylic acids is 4. The van der Waals surface area contributed by atoms with Gasteiger partial charge in [0.2, 0.25) is 0 Å². The number of thiazole rings is 1. The molecule has 0 bridgehead atoms. The summed E-state index contributed by atoms with van der Waals surface area (Å²) >= 11 is 2.34. The third kappa shape index (κ3) is 5.30. The van der Waals surface area contributed by atoms with Gasteiger partial charge in [0.25, 0.3) is 11.8 Å². The molecule has 0 aromatic carbocycles. The van der Waals surface area contributed by atoms with Gasteiger partial charge in [0.05, 0.1) is 6.61 Å². The molecule has 14 nitrogen and oxygen atoms in total. The topological polar surface area (TPSA) is 192 Å². The van der Waals surface area contributed by atoms with Crippen LogP contribution in [0.2, 0.25) is 0 Å². The summed E-state index contributed by atoms with van der Waals surface area (Å²) in [5.74, 6) is -2.88. The molecule has 34 heavy (non-hydrogen) atoms. The average molecular weight is 516 g/mol. The lowest BCUT2D eigenvalue weighted by atomic mass is 10.0. The third-order valence-electron chi connectivity index (χ3n) is 4.58. The van der Waals surface area contributed by atoms with E-state index < -0.39 is 47.5 Å². The second-order valence-electron chi connectivity index (χ2n) is 6.76. The highest BCUT2D eigenvalue weighted by Gasteiger charge is 2.54. The fraction of sp³-hybridized carbons (Fsp3) is 0.444. The van der Waals surface area contributed by atoms with Gasteiger partial charge in [-0.3, -0.25) is 14.5 Å². The monoisotopic (exact) mass is 515 g/mol. The average Bonchev–Trinajstić information content (AvgIpc) is 3.25. The van der Waals surface area contributed by atoms with Gasteiger partial charge in [-0.15, -0.1) is 23.1 Å². The maximum atomic E-state index is 12.9. The molecule has 4 N–H and O–H groups in total. The second-order valence-corrected chi connectivity index (χ2v) is 8.76. The van der Waals surface area contributed by atoms with E-state index in [0.29, 0.717) is 11.3 Å². The molecule has 1 fully saturated rings. The summed E-state index contributed by atoms with van der Waals surface area (Å²) in [5.41, 5.74) is 5.60. The maximum Gasteiger partial charge on any atom is 0.355 e. The summed E-state index contributed by atoms with van der Waals surface area (Å²) in [7, 11) is 2.75. The van der Waals surface area contributed by atoms with Gasteiger partial charge in [0, 0.05) is 25.4 Å². The molecule has 3 heterocycles. The third-order valence-corrected chi connectivity index (χ3v) is 6.60. The summed E-state index contributed by atoms with van der Waals surface area (Å²) in [6.07, 6.45) is 0. The zero-order valence-electron chi connectivity index (χ0n) is 18.0. The molecule has 2 amide bonds. The molecule has 3 rings (SSSR count). The highest BCUT2D eigenvalue weighted by atomic mass is 32.2. The van der Waals surface area contributed by atoms with Gasteiger partial charge in [-0.25, -0.2) is 14.6 Å². The van der Waals surface area contributed by atoms with E-state index in [1.165, 1.54) is 36.3 Å². The maximum absolute atomic E-state index is 12.9. The van der Waals surface area contributed by atoms with Crippen LogP contribution in [0.15, 0.2) is 21.8 Å². The van der Waals surface area contributed by atoms with Crippen LogP contribution in [-0.2, 0) is 38.1 Å². The Morgan fingerprint density at radius 2 is 2.09 bits per heavy atom. The van der Waals surface area contributed by atoms with Gasteiger partial charge < -0.3 is 35.2 Å². The van der Waals surface area contributed by atoms with Crippen molar-refractivity contribution in [3.63, 3.8) is 0 Å². The zero-order valence-corrected chi connectivity index (χ0v) is 19.6. The first-order chi connectivity index (χ1) is 16.3. The Morgan fingerprint density at radius 1 is 1.32 bits per heavy atom. The Balaban J connectivity index is 1.72. The van der Waals surface area contributed by atoms with Crippen molar-refractivity contribution >= 4 is 57.7 Å². The van der Waals surface area contributed by atoms with Crippen LogP contribution in [0.4, 0.5) is 5.13 Å². The van der Waals surface area contributed by atoms with Crippen LogP contribution in [0.1, 0.15) is 5.69 Å². The van der Waals surface area contributed by atoms with E-state index >= 15 is 0 Å². The van der Waals surface area contributed by atoms with E-state index in [4.69, 9.17) is 15.2 Å².